The molecule has 21 heavy (non-hydrogen) atoms. The zero-order valence-electron chi connectivity index (χ0n) is 11.6. The Labute approximate surface area is 122 Å². The molecule has 0 spiro atoms. The van der Waals surface area contributed by atoms with Crippen molar-refractivity contribution >= 4 is 17.6 Å². The first-order valence-electron chi connectivity index (χ1n) is 6.64. The maximum Gasteiger partial charge on any atom is 0.337 e. The second-order valence-corrected chi connectivity index (χ2v) is 4.78. The third-order valence-corrected chi connectivity index (χ3v) is 3.55. The van der Waals surface area contributed by atoms with Gasteiger partial charge in [0, 0.05) is 24.6 Å². The van der Waals surface area contributed by atoms with E-state index < -0.39 is 0 Å². The summed E-state index contributed by atoms with van der Waals surface area (Å²) in [4.78, 5) is 29.7. The number of aromatic nitrogens is 1. The molecule has 1 amide bonds. The summed E-state index contributed by atoms with van der Waals surface area (Å²) in [7, 11) is 1.35. The minimum absolute atomic E-state index is 0.0762. The first kappa shape index (κ1) is 13.3. The van der Waals surface area contributed by atoms with E-state index in [1.54, 1.807) is 47.6 Å². The van der Waals surface area contributed by atoms with Crippen molar-refractivity contribution in [2.75, 3.05) is 18.6 Å². The van der Waals surface area contributed by atoms with Crippen LogP contribution in [0.2, 0.25) is 0 Å². The van der Waals surface area contributed by atoms with Crippen LogP contribution in [0.3, 0.4) is 0 Å². The van der Waals surface area contributed by atoms with Gasteiger partial charge in [-0.25, -0.2) is 4.79 Å². The topological polar surface area (TPSA) is 59.5 Å². The predicted octanol–water partition coefficient (Wildman–Crippen LogP) is 2.07. The highest BCUT2D eigenvalue weighted by atomic mass is 16.5. The molecule has 2 aromatic rings. The van der Waals surface area contributed by atoms with Gasteiger partial charge in [0.05, 0.1) is 18.2 Å². The van der Waals surface area contributed by atoms with Gasteiger partial charge in [0.2, 0.25) is 0 Å². The van der Waals surface area contributed by atoms with Crippen LogP contribution in [0.5, 0.6) is 0 Å². The Morgan fingerprint density at radius 3 is 2.81 bits per heavy atom. The van der Waals surface area contributed by atoms with E-state index in [2.05, 4.69) is 4.98 Å². The number of ether oxygens (including phenoxy) is 1. The van der Waals surface area contributed by atoms with Crippen molar-refractivity contribution < 1.29 is 14.3 Å². The van der Waals surface area contributed by atoms with Crippen molar-refractivity contribution in [2.45, 2.75) is 6.42 Å². The van der Waals surface area contributed by atoms with Crippen LogP contribution in [0.1, 0.15) is 26.3 Å². The van der Waals surface area contributed by atoms with E-state index in [-0.39, 0.29) is 11.9 Å². The van der Waals surface area contributed by atoms with Crippen LogP contribution in [0.25, 0.3) is 0 Å². The molecule has 0 radical (unpaired) electrons. The summed E-state index contributed by atoms with van der Waals surface area (Å²) in [6.07, 6.45) is 3.92. The normalized spacial score (nSPS) is 12.9. The molecule has 5 nitrogen and oxygen atoms in total. The monoisotopic (exact) mass is 282 g/mol. The Morgan fingerprint density at radius 1 is 1.24 bits per heavy atom. The molecule has 2 heterocycles. The molecule has 1 aromatic carbocycles. The quantitative estimate of drug-likeness (QED) is 0.791. The van der Waals surface area contributed by atoms with Gasteiger partial charge in [-0.05, 0) is 42.3 Å². The van der Waals surface area contributed by atoms with Crippen molar-refractivity contribution in [3.8, 4) is 0 Å². The van der Waals surface area contributed by atoms with E-state index >= 15 is 0 Å². The zero-order chi connectivity index (χ0) is 14.8. The maximum atomic E-state index is 12.5. The predicted molar refractivity (Wildman–Crippen MR) is 77.4 cm³/mol. The van der Waals surface area contributed by atoms with Gasteiger partial charge < -0.3 is 9.64 Å². The molecular weight excluding hydrogens is 268 g/mol. The van der Waals surface area contributed by atoms with Gasteiger partial charge in [-0.3, -0.25) is 9.78 Å². The van der Waals surface area contributed by atoms with Gasteiger partial charge in [-0.1, -0.05) is 0 Å². The van der Waals surface area contributed by atoms with Gasteiger partial charge in [0.25, 0.3) is 5.91 Å². The smallest absolute Gasteiger partial charge is 0.337 e. The third kappa shape index (κ3) is 2.38. The van der Waals surface area contributed by atoms with Gasteiger partial charge >= 0.3 is 5.97 Å². The van der Waals surface area contributed by atoms with Crippen molar-refractivity contribution in [1.29, 1.82) is 0 Å². The van der Waals surface area contributed by atoms with Crippen LogP contribution in [0.15, 0.2) is 42.7 Å². The van der Waals surface area contributed by atoms with Gasteiger partial charge in [-0.2, -0.15) is 0 Å². The second kappa shape index (κ2) is 5.36. The molecule has 0 unspecified atom stereocenters. The highest BCUT2D eigenvalue weighted by Crippen LogP contribution is 2.30. The number of nitrogens with zero attached hydrogens (tertiary/aromatic N) is 2. The van der Waals surface area contributed by atoms with Gasteiger partial charge in [-0.15, -0.1) is 0 Å². The fourth-order valence-corrected chi connectivity index (χ4v) is 2.50. The van der Waals surface area contributed by atoms with E-state index in [9.17, 15) is 9.59 Å². The number of rotatable bonds is 2. The lowest BCUT2D eigenvalue weighted by molar-refractivity contribution is 0.0600. The molecule has 3 rings (SSSR count). The number of methoxy groups -OCH3 is 1. The van der Waals surface area contributed by atoms with Crippen molar-refractivity contribution in [2.24, 2.45) is 0 Å². The maximum absolute atomic E-state index is 12.5. The number of hydrogen-bond donors (Lipinski definition) is 0. The minimum atomic E-state index is -0.366. The van der Waals surface area contributed by atoms with Crippen LogP contribution in [-0.2, 0) is 11.2 Å². The lowest BCUT2D eigenvalue weighted by Gasteiger charge is -2.17. The molecule has 0 aliphatic carbocycles. The van der Waals surface area contributed by atoms with Crippen molar-refractivity contribution in [3.63, 3.8) is 0 Å². The molecule has 5 heteroatoms. The van der Waals surface area contributed by atoms with Crippen molar-refractivity contribution in [1.82, 2.24) is 4.98 Å². The fourth-order valence-electron chi connectivity index (χ4n) is 2.50. The van der Waals surface area contributed by atoms with Crippen molar-refractivity contribution in [3.05, 3.63) is 59.4 Å². The Bertz CT molecular complexity index is 698. The molecule has 0 fully saturated rings. The highest BCUT2D eigenvalue weighted by molar-refractivity contribution is 6.07. The number of carbonyl (C=O) groups is 2. The fraction of sp³-hybridized carbons (Fsp3) is 0.188. The number of benzene rings is 1. The SMILES string of the molecule is COC(=O)c1ccc2c(c1)CCN2C(=O)c1cccnc1. The van der Waals surface area contributed by atoms with Crippen LogP contribution < -0.4 is 4.90 Å². The molecule has 0 bridgehead atoms. The standard InChI is InChI=1S/C16H14N2O3/c1-21-16(20)12-4-5-14-11(9-12)6-8-18(14)15(19)13-3-2-7-17-10-13/h2-5,7,9-10H,6,8H2,1H3. The average Bonchev–Trinajstić information content (AvgIpc) is 2.97. The van der Waals surface area contributed by atoms with Crippen LogP contribution >= 0.6 is 0 Å². The summed E-state index contributed by atoms with van der Waals surface area (Å²) in [6.45, 7) is 0.605. The Morgan fingerprint density at radius 2 is 2.10 bits per heavy atom. The van der Waals surface area contributed by atoms with E-state index in [0.29, 0.717) is 17.7 Å². The molecule has 0 N–H and O–H groups in total. The van der Waals surface area contributed by atoms with E-state index in [1.807, 2.05) is 0 Å². The molecule has 1 aromatic heterocycles. The van der Waals surface area contributed by atoms with E-state index in [0.717, 1.165) is 17.7 Å². The number of pyridine rings is 1. The first-order valence-corrected chi connectivity index (χ1v) is 6.64. The third-order valence-electron chi connectivity index (χ3n) is 3.55. The summed E-state index contributed by atoms with van der Waals surface area (Å²) in [6, 6.07) is 8.75. The second-order valence-electron chi connectivity index (χ2n) is 4.78. The molecule has 106 valence electrons. The zero-order valence-corrected chi connectivity index (χ0v) is 11.6. The summed E-state index contributed by atoms with van der Waals surface area (Å²) in [5.74, 6) is -0.442. The van der Waals surface area contributed by atoms with E-state index in [4.69, 9.17) is 4.74 Å². The number of fused-ring (bicyclic) bond motifs is 1. The summed E-state index contributed by atoms with van der Waals surface area (Å²) in [5, 5.41) is 0. The summed E-state index contributed by atoms with van der Waals surface area (Å²) < 4.78 is 4.71. The van der Waals surface area contributed by atoms with E-state index in [1.165, 1.54) is 7.11 Å². The number of amides is 1. The summed E-state index contributed by atoms with van der Waals surface area (Å²) >= 11 is 0. The molecule has 1 aliphatic rings. The Kier molecular flexibility index (Phi) is 3.39. The summed E-state index contributed by atoms with van der Waals surface area (Å²) in [5.41, 5.74) is 2.89. The first-order chi connectivity index (χ1) is 10.2. The average molecular weight is 282 g/mol. The molecule has 0 saturated carbocycles. The molecule has 0 saturated heterocycles. The largest absolute Gasteiger partial charge is 0.465 e. The van der Waals surface area contributed by atoms with Crippen LogP contribution in [0, 0.1) is 0 Å². The number of carbonyl (C=O) groups excluding carboxylic acids is 2. The minimum Gasteiger partial charge on any atom is -0.465 e. The number of esters is 1. The van der Waals surface area contributed by atoms with Gasteiger partial charge in [0.1, 0.15) is 0 Å². The van der Waals surface area contributed by atoms with Crippen LogP contribution in [-0.4, -0.2) is 30.5 Å². The molecule has 1 aliphatic heterocycles. The lowest BCUT2D eigenvalue weighted by Crippen LogP contribution is -2.28. The highest BCUT2D eigenvalue weighted by Gasteiger charge is 2.26. The van der Waals surface area contributed by atoms with Gasteiger partial charge in [0.15, 0.2) is 0 Å². The van der Waals surface area contributed by atoms with Crippen LogP contribution in [0.4, 0.5) is 5.69 Å². The lowest BCUT2D eigenvalue weighted by atomic mass is 10.1. The molecule has 0 atom stereocenters. The number of hydrogen-bond acceptors (Lipinski definition) is 4. The Balaban J connectivity index is 1.91. The Hall–Kier alpha value is -2.69. The molecular formula is C16H14N2O3. The number of anilines is 1.